The van der Waals surface area contributed by atoms with Crippen molar-refractivity contribution in [3.8, 4) is 0 Å². The SMILES string of the molecule is CC(C)N(C)C(=O)CN1CCN(S(=O)(=O)c2ccc(Cl)c(Cl)c2)CC1. The number of piperazine rings is 1. The van der Waals surface area contributed by atoms with E-state index in [4.69, 9.17) is 23.2 Å². The molecule has 140 valence electrons. The van der Waals surface area contributed by atoms with Crippen molar-refractivity contribution in [1.29, 1.82) is 0 Å². The number of sulfonamides is 1. The van der Waals surface area contributed by atoms with E-state index < -0.39 is 10.0 Å². The second kappa shape index (κ2) is 8.22. The maximum atomic E-state index is 12.7. The first-order chi connectivity index (χ1) is 11.6. The quantitative estimate of drug-likeness (QED) is 0.749. The number of hydrogen-bond donors (Lipinski definition) is 0. The largest absolute Gasteiger partial charge is 0.342 e. The van der Waals surface area contributed by atoms with Crippen LogP contribution in [-0.2, 0) is 14.8 Å². The number of rotatable bonds is 5. The smallest absolute Gasteiger partial charge is 0.243 e. The van der Waals surface area contributed by atoms with Gasteiger partial charge in [0.2, 0.25) is 15.9 Å². The van der Waals surface area contributed by atoms with Crippen LogP contribution in [0.1, 0.15) is 13.8 Å². The van der Waals surface area contributed by atoms with E-state index in [0.29, 0.717) is 37.7 Å². The molecule has 0 bridgehead atoms. The third-order valence-electron chi connectivity index (χ3n) is 4.39. The van der Waals surface area contributed by atoms with Crippen molar-refractivity contribution in [3.05, 3.63) is 28.2 Å². The minimum atomic E-state index is -3.61. The Morgan fingerprint density at radius 2 is 1.76 bits per heavy atom. The first-order valence-electron chi connectivity index (χ1n) is 8.06. The molecule has 1 heterocycles. The van der Waals surface area contributed by atoms with Gasteiger partial charge in [-0.25, -0.2) is 8.42 Å². The van der Waals surface area contributed by atoms with Gasteiger partial charge in [0, 0.05) is 39.3 Å². The summed E-state index contributed by atoms with van der Waals surface area (Å²) in [7, 11) is -1.84. The molecule has 0 N–H and O–H groups in total. The Balaban J connectivity index is 1.99. The van der Waals surface area contributed by atoms with E-state index in [1.165, 1.54) is 22.5 Å². The zero-order chi connectivity index (χ0) is 18.8. The van der Waals surface area contributed by atoms with Gasteiger partial charge in [0.15, 0.2) is 0 Å². The van der Waals surface area contributed by atoms with Crippen LogP contribution in [0.5, 0.6) is 0 Å². The lowest BCUT2D eigenvalue weighted by atomic mass is 10.3. The maximum absolute atomic E-state index is 12.7. The van der Waals surface area contributed by atoms with Gasteiger partial charge < -0.3 is 4.90 Å². The zero-order valence-corrected chi connectivity index (χ0v) is 16.9. The fourth-order valence-electron chi connectivity index (χ4n) is 2.51. The van der Waals surface area contributed by atoms with Gasteiger partial charge in [-0.15, -0.1) is 0 Å². The Kier molecular flexibility index (Phi) is 6.73. The molecule has 1 aromatic carbocycles. The third-order valence-corrected chi connectivity index (χ3v) is 7.02. The summed E-state index contributed by atoms with van der Waals surface area (Å²) in [5, 5.41) is 0.530. The van der Waals surface area contributed by atoms with Gasteiger partial charge in [-0.3, -0.25) is 9.69 Å². The Morgan fingerprint density at radius 3 is 2.28 bits per heavy atom. The summed E-state index contributed by atoms with van der Waals surface area (Å²) < 4.78 is 26.8. The summed E-state index contributed by atoms with van der Waals surface area (Å²) >= 11 is 11.8. The third kappa shape index (κ3) is 4.86. The fraction of sp³-hybridized carbons (Fsp3) is 0.562. The molecule has 6 nitrogen and oxygen atoms in total. The summed E-state index contributed by atoms with van der Waals surface area (Å²) in [5.41, 5.74) is 0. The van der Waals surface area contributed by atoms with E-state index in [1.54, 1.807) is 11.9 Å². The number of benzene rings is 1. The van der Waals surface area contributed by atoms with E-state index in [1.807, 2.05) is 18.7 Å². The molecule has 0 spiro atoms. The van der Waals surface area contributed by atoms with Gasteiger partial charge in [-0.2, -0.15) is 4.31 Å². The lowest BCUT2D eigenvalue weighted by molar-refractivity contribution is -0.132. The Bertz CT molecular complexity index is 732. The Labute approximate surface area is 159 Å². The van der Waals surface area contributed by atoms with E-state index in [2.05, 4.69) is 0 Å². The summed E-state index contributed by atoms with van der Waals surface area (Å²) in [5.74, 6) is 0.0378. The van der Waals surface area contributed by atoms with Crippen LogP contribution in [0.15, 0.2) is 23.1 Å². The summed E-state index contributed by atoms with van der Waals surface area (Å²) in [6.45, 7) is 5.91. The molecule has 0 unspecified atom stereocenters. The molecule has 1 fully saturated rings. The van der Waals surface area contributed by atoms with Gasteiger partial charge in [0.1, 0.15) is 0 Å². The van der Waals surface area contributed by atoms with Crippen LogP contribution < -0.4 is 0 Å². The number of halogens is 2. The first-order valence-corrected chi connectivity index (χ1v) is 10.3. The molecule has 0 saturated carbocycles. The number of carbonyl (C=O) groups is 1. The number of hydrogen-bond acceptors (Lipinski definition) is 4. The van der Waals surface area contributed by atoms with Crippen molar-refractivity contribution in [2.45, 2.75) is 24.8 Å². The summed E-state index contributed by atoms with van der Waals surface area (Å²) in [6.07, 6.45) is 0. The first kappa shape index (κ1) is 20.5. The Morgan fingerprint density at radius 1 is 1.16 bits per heavy atom. The van der Waals surface area contributed by atoms with Crippen LogP contribution in [0.2, 0.25) is 10.0 Å². The predicted molar refractivity (Wildman–Crippen MR) is 99.6 cm³/mol. The van der Waals surface area contributed by atoms with Crippen LogP contribution in [0.25, 0.3) is 0 Å². The van der Waals surface area contributed by atoms with Crippen LogP contribution in [0.3, 0.4) is 0 Å². The van der Waals surface area contributed by atoms with Crippen LogP contribution >= 0.6 is 23.2 Å². The van der Waals surface area contributed by atoms with Gasteiger partial charge >= 0.3 is 0 Å². The van der Waals surface area contributed by atoms with E-state index in [0.717, 1.165) is 0 Å². The summed E-state index contributed by atoms with van der Waals surface area (Å²) in [4.78, 5) is 15.9. The minimum Gasteiger partial charge on any atom is -0.342 e. The molecule has 1 aromatic rings. The van der Waals surface area contributed by atoms with Crippen LogP contribution in [0, 0.1) is 0 Å². The highest BCUT2D eigenvalue weighted by molar-refractivity contribution is 7.89. The lowest BCUT2D eigenvalue weighted by Crippen LogP contribution is -2.51. The normalized spacial score (nSPS) is 17.0. The number of amides is 1. The average molecular weight is 408 g/mol. The second-order valence-electron chi connectivity index (χ2n) is 6.35. The van der Waals surface area contributed by atoms with Crippen molar-refractivity contribution in [2.75, 3.05) is 39.8 Å². The number of nitrogens with zero attached hydrogens (tertiary/aromatic N) is 3. The lowest BCUT2D eigenvalue weighted by Gasteiger charge is -2.34. The highest BCUT2D eigenvalue weighted by Gasteiger charge is 2.30. The van der Waals surface area contributed by atoms with Crippen LogP contribution in [0.4, 0.5) is 0 Å². The number of carbonyl (C=O) groups excluding carboxylic acids is 1. The molecule has 2 rings (SSSR count). The van der Waals surface area contributed by atoms with E-state index >= 15 is 0 Å². The predicted octanol–water partition coefficient (Wildman–Crippen LogP) is 2.17. The monoisotopic (exact) mass is 407 g/mol. The second-order valence-corrected chi connectivity index (χ2v) is 9.11. The maximum Gasteiger partial charge on any atom is 0.243 e. The van der Waals surface area contributed by atoms with Crippen molar-refractivity contribution in [2.24, 2.45) is 0 Å². The number of likely N-dealkylation sites (N-methyl/N-ethyl adjacent to an activating group) is 1. The highest BCUT2D eigenvalue weighted by Crippen LogP contribution is 2.27. The molecule has 0 aliphatic carbocycles. The molecule has 1 aliphatic heterocycles. The molecule has 0 aromatic heterocycles. The topological polar surface area (TPSA) is 60.9 Å². The highest BCUT2D eigenvalue weighted by atomic mass is 35.5. The fourth-order valence-corrected chi connectivity index (χ4v) is 4.32. The molecule has 9 heteroatoms. The van der Waals surface area contributed by atoms with Crippen LogP contribution in [-0.4, -0.2) is 74.2 Å². The molecular formula is C16H23Cl2N3O3S. The summed E-state index contributed by atoms with van der Waals surface area (Å²) in [6, 6.07) is 4.45. The molecule has 25 heavy (non-hydrogen) atoms. The minimum absolute atomic E-state index is 0.0378. The van der Waals surface area contributed by atoms with Crippen molar-refractivity contribution in [1.82, 2.24) is 14.1 Å². The van der Waals surface area contributed by atoms with E-state index in [9.17, 15) is 13.2 Å². The molecular weight excluding hydrogens is 385 g/mol. The van der Waals surface area contributed by atoms with Gasteiger partial charge in [-0.05, 0) is 32.0 Å². The molecule has 1 aliphatic rings. The van der Waals surface area contributed by atoms with Gasteiger partial charge in [0.25, 0.3) is 0 Å². The van der Waals surface area contributed by atoms with Crippen molar-refractivity contribution >= 4 is 39.1 Å². The zero-order valence-electron chi connectivity index (χ0n) is 14.6. The van der Waals surface area contributed by atoms with Gasteiger partial charge in [-0.1, -0.05) is 23.2 Å². The van der Waals surface area contributed by atoms with E-state index in [-0.39, 0.29) is 21.9 Å². The average Bonchev–Trinajstić information content (AvgIpc) is 2.56. The van der Waals surface area contributed by atoms with Crippen molar-refractivity contribution < 1.29 is 13.2 Å². The standard InChI is InChI=1S/C16H23Cl2N3O3S/c1-12(2)19(3)16(22)11-20-6-8-21(9-7-20)25(23,24)13-4-5-14(17)15(18)10-13/h4-5,10,12H,6-9,11H2,1-3H3. The molecule has 1 amide bonds. The molecule has 0 atom stereocenters. The van der Waals surface area contributed by atoms with Crippen molar-refractivity contribution in [3.63, 3.8) is 0 Å². The molecule has 1 saturated heterocycles. The molecule has 0 radical (unpaired) electrons. The van der Waals surface area contributed by atoms with Gasteiger partial charge in [0.05, 0.1) is 21.5 Å². The Hall–Kier alpha value is -0.860.